The molecule has 3 N–H and O–H groups in total. The number of pyridine rings is 1. The van der Waals surface area contributed by atoms with Crippen molar-refractivity contribution in [2.45, 2.75) is 43.7 Å². The Kier molecular flexibility index (Phi) is 5.25. The van der Waals surface area contributed by atoms with Gasteiger partial charge in [0.05, 0.1) is 13.2 Å². The van der Waals surface area contributed by atoms with Crippen LogP contribution in [0, 0.1) is 17.2 Å². The van der Waals surface area contributed by atoms with Gasteiger partial charge in [-0.15, -0.1) is 0 Å². The van der Waals surface area contributed by atoms with E-state index in [1.165, 1.54) is 0 Å². The molecular formula is C25H25N5O3. The zero-order chi connectivity index (χ0) is 23.0. The number of nitrogens with one attached hydrogen (secondary N) is 3. The Morgan fingerprint density at radius 1 is 1.30 bits per heavy atom. The molecule has 0 bridgehead atoms. The number of benzene rings is 1. The number of aromatic nitrogens is 2. The largest absolute Gasteiger partial charge is 0.496 e. The lowest BCUT2D eigenvalue weighted by molar-refractivity contribution is -0.124. The highest BCUT2D eigenvalue weighted by atomic mass is 16.5. The number of rotatable bonds is 7. The smallest absolute Gasteiger partial charge is 0.268 e. The highest BCUT2D eigenvalue weighted by Crippen LogP contribution is 2.34. The van der Waals surface area contributed by atoms with Crippen LogP contribution in [0.4, 0.5) is 0 Å². The second-order valence-corrected chi connectivity index (χ2v) is 8.96. The van der Waals surface area contributed by atoms with Crippen molar-refractivity contribution < 1.29 is 14.3 Å². The molecule has 3 aromatic rings. The third-order valence-electron chi connectivity index (χ3n) is 6.50. The van der Waals surface area contributed by atoms with E-state index >= 15 is 0 Å². The molecule has 8 heteroatoms. The fourth-order valence-corrected chi connectivity index (χ4v) is 4.57. The third kappa shape index (κ3) is 4.14. The van der Waals surface area contributed by atoms with Gasteiger partial charge in [-0.25, -0.2) is 0 Å². The van der Waals surface area contributed by atoms with Gasteiger partial charge in [-0.2, -0.15) is 5.26 Å². The molecule has 2 aliphatic rings. The molecule has 33 heavy (non-hydrogen) atoms. The Morgan fingerprint density at radius 2 is 2.15 bits per heavy atom. The van der Waals surface area contributed by atoms with Crippen LogP contribution in [-0.4, -0.2) is 40.5 Å². The molecule has 0 saturated heterocycles. The van der Waals surface area contributed by atoms with Crippen LogP contribution in [0.1, 0.15) is 41.0 Å². The number of nitrogens with zero attached hydrogens (tertiary/aromatic N) is 2. The van der Waals surface area contributed by atoms with Crippen molar-refractivity contribution in [1.82, 2.24) is 20.6 Å². The van der Waals surface area contributed by atoms with Gasteiger partial charge in [-0.3, -0.25) is 14.6 Å². The van der Waals surface area contributed by atoms with Crippen molar-refractivity contribution in [2.75, 3.05) is 7.11 Å². The molecule has 0 spiro atoms. The Hall–Kier alpha value is -3.86. The van der Waals surface area contributed by atoms with Crippen LogP contribution in [0.2, 0.25) is 0 Å². The predicted molar refractivity (Wildman–Crippen MR) is 122 cm³/mol. The van der Waals surface area contributed by atoms with Gasteiger partial charge in [-0.05, 0) is 42.2 Å². The van der Waals surface area contributed by atoms with Gasteiger partial charge in [0.2, 0.25) is 5.91 Å². The minimum Gasteiger partial charge on any atom is -0.496 e. The topological polar surface area (TPSA) is 120 Å². The second-order valence-electron chi connectivity index (χ2n) is 8.96. The summed E-state index contributed by atoms with van der Waals surface area (Å²) in [5.41, 5.74) is 1.88. The Bertz CT molecular complexity index is 1250. The summed E-state index contributed by atoms with van der Waals surface area (Å²) in [6, 6.07) is 12.6. The van der Waals surface area contributed by atoms with E-state index in [0.717, 1.165) is 35.0 Å². The van der Waals surface area contributed by atoms with E-state index in [1.807, 2.05) is 30.3 Å². The average molecular weight is 444 g/mol. The van der Waals surface area contributed by atoms with E-state index in [9.17, 15) is 14.9 Å². The van der Waals surface area contributed by atoms with Crippen molar-refractivity contribution in [2.24, 2.45) is 5.92 Å². The van der Waals surface area contributed by atoms with Gasteiger partial charge in [-0.1, -0.05) is 25.0 Å². The lowest BCUT2D eigenvalue weighted by atomic mass is 9.96. The average Bonchev–Trinajstić information content (AvgIpc) is 3.40. The first-order chi connectivity index (χ1) is 16.0. The molecule has 2 aliphatic carbocycles. The SMILES string of the molecule is COc1cccc2[nH]c(C(=O)N[C@@H](CC3CC3)C(=O)N[C@@]3(C#N)Cc4cccnc4C3)cc12. The molecule has 1 saturated carbocycles. The number of carbonyl (C=O) groups excluding carboxylic acids is 2. The number of carbonyl (C=O) groups is 2. The lowest BCUT2D eigenvalue weighted by Gasteiger charge is -2.26. The van der Waals surface area contributed by atoms with Crippen molar-refractivity contribution in [3.05, 3.63) is 59.5 Å². The molecule has 5 rings (SSSR count). The maximum atomic E-state index is 13.3. The van der Waals surface area contributed by atoms with Gasteiger partial charge >= 0.3 is 0 Å². The van der Waals surface area contributed by atoms with Gasteiger partial charge in [0.15, 0.2) is 0 Å². The minimum atomic E-state index is -1.05. The van der Waals surface area contributed by atoms with E-state index in [2.05, 4.69) is 26.7 Å². The molecule has 0 radical (unpaired) electrons. The lowest BCUT2D eigenvalue weighted by Crippen LogP contribution is -2.55. The van der Waals surface area contributed by atoms with E-state index in [0.29, 0.717) is 36.6 Å². The first-order valence-corrected chi connectivity index (χ1v) is 11.1. The highest BCUT2D eigenvalue weighted by molar-refractivity contribution is 6.01. The molecule has 1 aromatic carbocycles. The molecule has 168 valence electrons. The molecule has 0 unspecified atom stereocenters. The number of hydrogen-bond donors (Lipinski definition) is 3. The third-order valence-corrected chi connectivity index (χ3v) is 6.50. The summed E-state index contributed by atoms with van der Waals surface area (Å²) >= 11 is 0. The van der Waals surface area contributed by atoms with Gasteiger partial charge in [0.25, 0.3) is 5.91 Å². The molecular weight excluding hydrogens is 418 g/mol. The molecule has 2 heterocycles. The number of nitriles is 1. The number of aromatic amines is 1. The van der Waals surface area contributed by atoms with E-state index in [4.69, 9.17) is 4.74 Å². The van der Waals surface area contributed by atoms with Crippen molar-refractivity contribution >= 4 is 22.7 Å². The van der Waals surface area contributed by atoms with Gasteiger partial charge < -0.3 is 20.4 Å². The zero-order valence-corrected chi connectivity index (χ0v) is 18.4. The summed E-state index contributed by atoms with van der Waals surface area (Å²) in [7, 11) is 1.58. The molecule has 2 amide bonds. The Labute approximate surface area is 191 Å². The Balaban J connectivity index is 1.34. The number of ether oxygens (including phenoxy) is 1. The van der Waals surface area contributed by atoms with Crippen LogP contribution in [0.15, 0.2) is 42.6 Å². The minimum absolute atomic E-state index is 0.335. The molecule has 2 aromatic heterocycles. The van der Waals surface area contributed by atoms with Crippen LogP contribution in [0.3, 0.4) is 0 Å². The van der Waals surface area contributed by atoms with E-state index < -0.39 is 11.6 Å². The monoisotopic (exact) mass is 443 g/mol. The number of H-pyrrole nitrogens is 1. The van der Waals surface area contributed by atoms with Crippen LogP contribution >= 0.6 is 0 Å². The number of fused-ring (bicyclic) bond motifs is 2. The summed E-state index contributed by atoms with van der Waals surface area (Å²) < 4.78 is 5.37. The maximum Gasteiger partial charge on any atom is 0.268 e. The first kappa shape index (κ1) is 21.0. The van der Waals surface area contributed by atoms with Crippen LogP contribution in [-0.2, 0) is 17.6 Å². The Morgan fingerprint density at radius 3 is 2.88 bits per heavy atom. The molecule has 8 nitrogen and oxygen atoms in total. The predicted octanol–water partition coefficient (Wildman–Crippen LogP) is 2.65. The summed E-state index contributed by atoms with van der Waals surface area (Å²) in [6.07, 6.45) is 5.10. The normalized spacial score (nSPS) is 20.0. The summed E-state index contributed by atoms with van der Waals surface area (Å²) in [5.74, 6) is 0.375. The zero-order valence-electron chi connectivity index (χ0n) is 18.4. The fraction of sp³-hybridized carbons (Fsp3) is 0.360. The summed E-state index contributed by atoms with van der Waals surface area (Å²) in [4.78, 5) is 33.8. The van der Waals surface area contributed by atoms with Crippen LogP contribution < -0.4 is 15.4 Å². The van der Waals surface area contributed by atoms with E-state index in [-0.39, 0.29) is 11.8 Å². The standard InChI is InChI=1S/C25H25N5O3/c1-33-22-6-2-5-18-17(22)11-20(28-18)23(31)29-19(10-15-7-8-15)24(32)30-25(14-26)12-16-4-3-9-27-21(16)13-25/h2-6,9,11,15,19,28H,7-8,10,12-13H2,1H3,(H,29,31)(H,30,32)/t19-,25-/m0/s1. The molecule has 2 atom stereocenters. The van der Waals surface area contributed by atoms with Gasteiger partial charge in [0, 0.05) is 35.6 Å². The fourth-order valence-electron chi connectivity index (χ4n) is 4.57. The van der Waals surface area contributed by atoms with Crippen LogP contribution in [0.25, 0.3) is 10.9 Å². The van der Waals surface area contributed by atoms with Crippen molar-refractivity contribution in [3.8, 4) is 11.8 Å². The molecule has 1 fully saturated rings. The maximum absolute atomic E-state index is 13.3. The van der Waals surface area contributed by atoms with Gasteiger partial charge in [0.1, 0.15) is 23.0 Å². The van der Waals surface area contributed by atoms with E-state index in [1.54, 1.807) is 19.4 Å². The molecule has 0 aliphatic heterocycles. The number of amides is 2. The summed E-state index contributed by atoms with van der Waals surface area (Å²) in [5, 5.41) is 16.5. The van der Waals surface area contributed by atoms with Crippen molar-refractivity contribution in [1.29, 1.82) is 5.26 Å². The summed E-state index contributed by atoms with van der Waals surface area (Å²) in [6.45, 7) is 0. The van der Waals surface area contributed by atoms with Crippen molar-refractivity contribution in [3.63, 3.8) is 0 Å². The second kappa shape index (κ2) is 8.24. The first-order valence-electron chi connectivity index (χ1n) is 11.1. The number of hydrogen-bond acceptors (Lipinski definition) is 5. The quantitative estimate of drug-likeness (QED) is 0.519. The number of methoxy groups -OCH3 is 1. The van der Waals surface area contributed by atoms with Crippen LogP contribution in [0.5, 0.6) is 5.75 Å². The highest BCUT2D eigenvalue weighted by Gasteiger charge is 2.42.